The number of rotatable bonds is 10. The van der Waals surface area contributed by atoms with E-state index in [0.29, 0.717) is 0 Å². The lowest BCUT2D eigenvalue weighted by molar-refractivity contribution is -0.299. The molecule has 38 heavy (non-hydrogen) atoms. The molecule has 1 aliphatic heterocycles. The number of halogens is 1. The number of benzene rings is 1. The standard InChI is InChI=1S/C25H29FO12/c1-6-32-24(31)19(11-17-8-7-9-18(26)10-17)37-25-23(36-16(5)30)22(35-15(4)29)21(34-14(3)28)20(38-25)12-33-13(2)27/h7-11,20-23,25H,6,12H2,1-5H3/t20-,21-,22+,23-,25-/m0/s1. The van der Waals surface area contributed by atoms with Crippen LogP contribution in [-0.4, -0.2) is 73.8 Å². The fraction of sp³-hybridized carbons (Fsp3) is 0.480. The second-order valence-electron chi connectivity index (χ2n) is 7.97. The van der Waals surface area contributed by atoms with Crippen LogP contribution in [0.25, 0.3) is 6.08 Å². The van der Waals surface area contributed by atoms with Gasteiger partial charge in [0.15, 0.2) is 12.2 Å². The highest BCUT2D eigenvalue weighted by molar-refractivity contribution is 5.91. The molecule has 0 aromatic heterocycles. The number of hydrogen-bond acceptors (Lipinski definition) is 12. The summed E-state index contributed by atoms with van der Waals surface area (Å²) in [6.45, 7) is 5.35. The molecule has 1 aromatic rings. The normalized spacial score (nSPS) is 23.0. The smallest absolute Gasteiger partial charge is 0.373 e. The van der Waals surface area contributed by atoms with Gasteiger partial charge in [0, 0.05) is 27.7 Å². The van der Waals surface area contributed by atoms with Crippen LogP contribution in [0.3, 0.4) is 0 Å². The lowest BCUT2D eigenvalue weighted by Crippen LogP contribution is -2.63. The summed E-state index contributed by atoms with van der Waals surface area (Å²) in [6, 6.07) is 5.20. The molecule has 2 rings (SSSR count). The van der Waals surface area contributed by atoms with Crippen LogP contribution >= 0.6 is 0 Å². The summed E-state index contributed by atoms with van der Waals surface area (Å²) < 4.78 is 51.3. The third kappa shape index (κ3) is 9.14. The average Bonchev–Trinajstić information content (AvgIpc) is 2.80. The van der Waals surface area contributed by atoms with Crippen LogP contribution in [0.2, 0.25) is 0 Å². The summed E-state index contributed by atoms with van der Waals surface area (Å²) in [7, 11) is 0. The zero-order chi connectivity index (χ0) is 28.4. The quantitative estimate of drug-likeness (QED) is 0.184. The van der Waals surface area contributed by atoms with Crippen molar-refractivity contribution in [3.05, 3.63) is 41.4 Å². The number of hydrogen-bond donors (Lipinski definition) is 0. The van der Waals surface area contributed by atoms with Gasteiger partial charge in [-0.1, -0.05) is 12.1 Å². The molecular formula is C25H29FO12. The predicted molar refractivity (Wildman–Crippen MR) is 124 cm³/mol. The van der Waals surface area contributed by atoms with Crippen molar-refractivity contribution in [2.75, 3.05) is 13.2 Å². The van der Waals surface area contributed by atoms with Gasteiger partial charge in [-0.15, -0.1) is 0 Å². The first kappa shape index (κ1) is 30.2. The van der Waals surface area contributed by atoms with Crippen molar-refractivity contribution < 1.29 is 61.5 Å². The van der Waals surface area contributed by atoms with E-state index in [1.54, 1.807) is 6.92 Å². The van der Waals surface area contributed by atoms with Crippen molar-refractivity contribution in [3.8, 4) is 0 Å². The maximum atomic E-state index is 13.8. The highest BCUT2D eigenvalue weighted by atomic mass is 19.1. The maximum Gasteiger partial charge on any atom is 0.373 e. The molecule has 208 valence electrons. The van der Waals surface area contributed by atoms with Crippen molar-refractivity contribution in [2.24, 2.45) is 0 Å². The lowest BCUT2D eigenvalue weighted by Gasteiger charge is -2.43. The Labute approximate surface area is 217 Å². The van der Waals surface area contributed by atoms with Crippen molar-refractivity contribution in [1.29, 1.82) is 0 Å². The Kier molecular flexibility index (Phi) is 11.2. The minimum atomic E-state index is -1.67. The molecule has 5 atom stereocenters. The summed E-state index contributed by atoms with van der Waals surface area (Å²) in [5, 5.41) is 0. The number of carbonyl (C=O) groups excluding carboxylic acids is 5. The molecule has 1 aliphatic rings. The highest BCUT2D eigenvalue weighted by Crippen LogP contribution is 2.31. The molecule has 12 nitrogen and oxygen atoms in total. The van der Waals surface area contributed by atoms with Gasteiger partial charge in [-0.3, -0.25) is 19.2 Å². The van der Waals surface area contributed by atoms with Gasteiger partial charge in [0.2, 0.25) is 18.2 Å². The van der Waals surface area contributed by atoms with Crippen LogP contribution in [0.15, 0.2) is 30.0 Å². The molecule has 0 spiro atoms. The van der Waals surface area contributed by atoms with E-state index in [-0.39, 0.29) is 12.2 Å². The molecule has 0 N–H and O–H groups in total. The highest BCUT2D eigenvalue weighted by Gasteiger charge is 2.53. The first-order valence-electron chi connectivity index (χ1n) is 11.5. The Hall–Kier alpha value is -4.00. The third-order valence-electron chi connectivity index (χ3n) is 4.81. The Balaban J connectivity index is 2.58. The summed E-state index contributed by atoms with van der Waals surface area (Å²) in [6.07, 6.45) is -6.27. The van der Waals surface area contributed by atoms with Crippen LogP contribution in [0.1, 0.15) is 40.2 Å². The van der Waals surface area contributed by atoms with Gasteiger partial charge in [0.05, 0.1) is 6.61 Å². The molecule has 1 fully saturated rings. The van der Waals surface area contributed by atoms with Crippen LogP contribution in [-0.2, 0) is 57.1 Å². The summed E-state index contributed by atoms with van der Waals surface area (Å²) >= 11 is 0. The molecule has 1 aromatic carbocycles. The van der Waals surface area contributed by atoms with Gasteiger partial charge in [-0.25, -0.2) is 9.18 Å². The summed E-state index contributed by atoms with van der Waals surface area (Å²) in [5.74, 6) is -5.22. The SMILES string of the molecule is CCOC(=O)C(=Cc1cccc(F)c1)O[C@H]1O[C@@H](COC(C)=O)[C@H](OC(C)=O)[C@@H](OC(C)=O)[C@@H]1OC(C)=O. The van der Waals surface area contributed by atoms with Gasteiger partial charge in [-0.2, -0.15) is 0 Å². The first-order chi connectivity index (χ1) is 17.9. The molecule has 0 saturated carbocycles. The Bertz CT molecular complexity index is 1070. The number of carbonyl (C=O) groups is 5. The van der Waals surface area contributed by atoms with E-state index in [1.165, 1.54) is 18.2 Å². The molecule has 0 aliphatic carbocycles. The van der Waals surface area contributed by atoms with E-state index in [0.717, 1.165) is 39.8 Å². The van der Waals surface area contributed by atoms with Crippen molar-refractivity contribution in [1.82, 2.24) is 0 Å². The van der Waals surface area contributed by atoms with E-state index in [2.05, 4.69) is 0 Å². The van der Waals surface area contributed by atoms with E-state index in [4.69, 9.17) is 33.2 Å². The fourth-order valence-electron chi connectivity index (χ4n) is 3.50. The predicted octanol–water partition coefficient (Wildman–Crippen LogP) is 1.83. The Morgan fingerprint density at radius 2 is 1.45 bits per heavy atom. The summed E-state index contributed by atoms with van der Waals surface area (Å²) in [4.78, 5) is 59.9. The minimum absolute atomic E-state index is 0.0404. The zero-order valence-electron chi connectivity index (χ0n) is 21.5. The molecular weight excluding hydrogens is 511 g/mol. The minimum Gasteiger partial charge on any atom is -0.463 e. The van der Waals surface area contributed by atoms with Crippen molar-refractivity contribution >= 4 is 35.9 Å². The number of esters is 5. The largest absolute Gasteiger partial charge is 0.463 e. The first-order valence-corrected chi connectivity index (χ1v) is 11.5. The molecule has 1 heterocycles. The van der Waals surface area contributed by atoms with Gasteiger partial charge in [-0.05, 0) is 30.7 Å². The van der Waals surface area contributed by atoms with Crippen molar-refractivity contribution in [2.45, 2.75) is 65.3 Å². The molecule has 0 bridgehead atoms. The summed E-state index contributed by atoms with van der Waals surface area (Å²) in [5.41, 5.74) is 0.221. The van der Waals surface area contributed by atoms with Gasteiger partial charge >= 0.3 is 29.8 Å². The van der Waals surface area contributed by atoms with Crippen molar-refractivity contribution in [3.63, 3.8) is 0 Å². The van der Waals surface area contributed by atoms with E-state index in [1.807, 2.05) is 0 Å². The van der Waals surface area contributed by atoms with E-state index in [9.17, 15) is 28.4 Å². The maximum absolute atomic E-state index is 13.8. The van der Waals surface area contributed by atoms with Crippen LogP contribution in [0.5, 0.6) is 0 Å². The number of ether oxygens (including phenoxy) is 7. The van der Waals surface area contributed by atoms with Crippen LogP contribution < -0.4 is 0 Å². The second kappa shape index (κ2) is 14.1. The fourth-order valence-corrected chi connectivity index (χ4v) is 3.50. The van der Waals surface area contributed by atoms with Gasteiger partial charge in [0.25, 0.3) is 0 Å². The van der Waals surface area contributed by atoms with Gasteiger partial charge < -0.3 is 33.2 Å². The topological polar surface area (TPSA) is 150 Å². The Morgan fingerprint density at radius 1 is 0.842 bits per heavy atom. The van der Waals surface area contributed by atoms with E-state index < -0.39 is 78.7 Å². The molecule has 0 amide bonds. The molecule has 0 radical (unpaired) electrons. The zero-order valence-corrected chi connectivity index (χ0v) is 21.5. The van der Waals surface area contributed by atoms with E-state index >= 15 is 0 Å². The van der Waals surface area contributed by atoms with Crippen LogP contribution in [0, 0.1) is 5.82 Å². The van der Waals surface area contributed by atoms with Crippen LogP contribution in [0.4, 0.5) is 4.39 Å². The van der Waals surface area contributed by atoms with Gasteiger partial charge in [0.1, 0.15) is 18.5 Å². The molecule has 13 heteroatoms. The Morgan fingerprint density at radius 3 is 2.00 bits per heavy atom. The monoisotopic (exact) mass is 540 g/mol. The second-order valence-corrected chi connectivity index (χ2v) is 7.97. The molecule has 1 saturated heterocycles. The molecule has 0 unspecified atom stereocenters. The third-order valence-corrected chi connectivity index (χ3v) is 4.81. The lowest BCUT2D eigenvalue weighted by atomic mass is 9.98. The average molecular weight is 540 g/mol.